The van der Waals surface area contributed by atoms with Gasteiger partial charge >= 0.3 is 0 Å². The molecular formula is C21H21N3OS3. The number of rotatable bonds is 7. The molecule has 1 N–H and O–H groups in total. The largest absolute Gasteiger partial charge is 0.354 e. The van der Waals surface area contributed by atoms with Crippen molar-refractivity contribution in [3.05, 3.63) is 70.2 Å². The van der Waals surface area contributed by atoms with Crippen LogP contribution in [-0.4, -0.2) is 28.0 Å². The lowest BCUT2D eigenvalue weighted by Crippen LogP contribution is -2.46. The zero-order chi connectivity index (χ0) is 19.4. The van der Waals surface area contributed by atoms with Crippen LogP contribution in [0.3, 0.4) is 0 Å². The Balaban J connectivity index is 1.33. The molecule has 0 unspecified atom stereocenters. The van der Waals surface area contributed by atoms with Gasteiger partial charge in [0.05, 0.1) is 11.4 Å². The van der Waals surface area contributed by atoms with E-state index in [1.54, 1.807) is 4.68 Å². The average molecular weight is 428 g/mol. The molecule has 0 bridgehead atoms. The van der Waals surface area contributed by atoms with Crippen LogP contribution in [0.25, 0.3) is 5.69 Å². The summed E-state index contributed by atoms with van der Waals surface area (Å²) in [6.07, 6.45) is 3.49. The molecule has 2 aromatic carbocycles. The number of hydrogen-bond acceptors (Lipinski definition) is 5. The maximum atomic E-state index is 12.4. The van der Waals surface area contributed by atoms with Crippen molar-refractivity contribution in [2.75, 3.05) is 12.3 Å². The molecule has 1 heterocycles. The van der Waals surface area contributed by atoms with Gasteiger partial charge in [0.15, 0.2) is 8.29 Å². The Hall–Kier alpha value is -1.96. The first-order chi connectivity index (χ1) is 13.7. The van der Waals surface area contributed by atoms with E-state index in [0.29, 0.717) is 16.3 Å². The molecule has 1 aromatic heterocycles. The predicted octanol–water partition coefficient (Wildman–Crippen LogP) is 4.99. The van der Waals surface area contributed by atoms with E-state index in [2.05, 4.69) is 34.7 Å². The Morgan fingerprint density at radius 1 is 1.14 bits per heavy atom. The predicted molar refractivity (Wildman–Crippen MR) is 118 cm³/mol. The van der Waals surface area contributed by atoms with E-state index in [0.717, 1.165) is 22.9 Å². The molecule has 1 aliphatic carbocycles. The van der Waals surface area contributed by atoms with Crippen LogP contribution >= 0.6 is 35.3 Å². The maximum absolute atomic E-state index is 12.4. The Kier molecular flexibility index (Phi) is 5.94. The minimum atomic E-state index is 0.0413. The molecule has 1 saturated carbocycles. The Bertz CT molecular complexity index is 994. The summed E-state index contributed by atoms with van der Waals surface area (Å²) in [4.78, 5) is 12.4. The average Bonchev–Trinajstić information content (AvgIpc) is 3.08. The van der Waals surface area contributed by atoms with Gasteiger partial charge in [-0.1, -0.05) is 78.1 Å². The molecule has 0 saturated heterocycles. The number of carbonyl (C=O) groups excluding carboxylic acids is 1. The van der Waals surface area contributed by atoms with Crippen molar-refractivity contribution in [3.8, 4) is 5.69 Å². The first-order valence-corrected chi connectivity index (χ1v) is 11.5. The number of carbonyl (C=O) groups is 1. The smallest absolute Gasteiger partial charge is 0.230 e. The Morgan fingerprint density at radius 3 is 2.46 bits per heavy atom. The summed E-state index contributed by atoms with van der Waals surface area (Å²) in [6, 6.07) is 20.3. The minimum Gasteiger partial charge on any atom is -0.354 e. The van der Waals surface area contributed by atoms with E-state index in [9.17, 15) is 4.79 Å². The first-order valence-electron chi connectivity index (χ1n) is 9.27. The number of para-hydroxylation sites is 1. The van der Waals surface area contributed by atoms with E-state index in [4.69, 9.17) is 12.2 Å². The summed E-state index contributed by atoms with van der Waals surface area (Å²) < 4.78 is 3.25. The summed E-state index contributed by atoms with van der Waals surface area (Å²) in [5, 5.41) is 7.68. The highest BCUT2D eigenvalue weighted by atomic mass is 32.2. The van der Waals surface area contributed by atoms with Crippen LogP contribution in [0, 0.1) is 3.95 Å². The molecule has 7 heteroatoms. The van der Waals surface area contributed by atoms with E-state index >= 15 is 0 Å². The number of thioether (sulfide) groups is 1. The molecule has 1 aliphatic rings. The van der Waals surface area contributed by atoms with Gasteiger partial charge in [-0.15, -0.1) is 5.10 Å². The lowest BCUT2D eigenvalue weighted by molar-refractivity contribution is -0.119. The summed E-state index contributed by atoms with van der Waals surface area (Å²) in [5.41, 5.74) is 2.37. The molecule has 3 aromatic rings. The van der Waals surface area contributed by atoms with Crippen molar-refractivity contribution in [1.29, 1.82) is 0 Å². The standard InChI is InChI=1S/C21H21N3OS3/c25-18(22-15-21(12-7-13-21)16-8-3-1-4-9-16)14-27-19-23-24(20(26)28-19)17-10-5-2-6-11-17/h1-6,8-11H,7,12-15H2,(H,22,25). The number of amides is 1. The third-order valence-corrected chi connectivity index (χ3v) is 7.54. The van der Waals surface area contributed by atoms with Gasteiger partial charge in [-0.05, 0) is 42.8 Å². The molecule has 28 heavy (non-hydrogen) atoms. The highest BCUT2D eigenvalue weighted by Gasteiger charge is 2.38. The fraction of sp³-hybridized carbons (Fsp3) is 0.286. The molecule has 144 valence electrons. The van der Waals surface area contributed by atoms with Crippen LogP contribution in [0.15, 0.2) is 65.0 Å². The van der Waals surface area contributed by atoms with Gasteiger partial charge in [0, 0.05) is 12.0 Å². The van der Waals surface area contributed by atoms with Crippen molar-refractivity contribution in [3.63, 3.8) is 0 Å². The van der Waals surface area contributed by atoms with Gasteiger partial charge in [0.25, 0.3) is 0 Å². The van der Waals surface area contributed by atoms with Crippen molar-refractivity contribution in [2.45, 2.75) is 29.0 Å². The second-order valence-electron chi connectivity index (χ2n) is 6.95. The van der Waals surface area contributed by atoms with Crippen molar-refractivity contribution < 1.29 is 4.79 Å². The van der Waals surface area contributed by atoms with Crippen LogP contribution in [0.4, 0.5) is 0 Å². The van der Waals surface area contributed by atoms with E-state index in [-0.39, 0.29) is 11.3 Å². The highest BCUT2D eigenvalue weighted by molar-refractivity contribution is 8.01. The SMILES string of the molecule is O=C(CSc1nn(-c2ccccc2)c(=S)s1)NCC1(c2ccccc2)CCC1. The summed E-state index contributed by atoms with van der Waals surface area (Å²) in [5.74, 6) is 0.390. The molecule has 4 rings (SSSR count). The number of nitrogens with zero attached hydrogens (tertiary/aromatic N) is 2. The molecular weight excluding hydrogens is 406 g/mol. The zero-order valence-corrected chi connectivity index (χ0v) is 17.8. The number of aromatic nitrogens is 2. The third kappa shape index (κ3) is 4.21. The van der Waals surface area contributed by atoms with E-state index in [1.807, 2.05) is 36.4 Å². The quantitative estimate of drug-likeness (QED) is 0.426. The number of nitrogens with one attached hydrogen (secondary N) is 1. The monoisotopic (exact) mass is 427 g/mol. The summed E-state index contributed by atoms with van der Waals surface area (Å²) in [6.45, 7) is 0.699. The van der Waals surface area contributed by atoms with Crippen LogP contribution < -0.4 is 5.32 Å². The number of hydrogen-bond donors (Lipinski definition) is 1. The van der Waals surface area contributed by atoms with Gasteiger partial charge in [0.2, 0.25) is 5.91 Å². The zero-order valence-electron chi connectivity index (χ0n) is 15.3. The Labute approximate surface area is 178 Å². The fourth-order valence-electron chi connectivity index (χ4n) is 3.46. The van der Waals surface area contributed by atoms with Gasteiger partial charge in [-0.3, -0.25) is 4.79 Å². The van der Waals surface area contributed by atoms with Gasteiger partial charge in [0.1, 0.15) is 0 Å². The molecule has 1 amide bonds. The second-order valence-corrected chi connectivity index (χ2v) is 9.79. The van der Waals surface area contributed by atoms with Crippen molar-refractivity contribution in [1.82, 2.24) is 15.1 Å². The molecule has 0 radical (unpaired) electrons. The van der Waals surface area contributed by atoms with Crippen molar-refractivity contribution in [2.24, 2.45) is 0 Å². The van der Waals surface area contributed by atoms with Crippen LogP contribution in [0.2, 0.25) is 0 Å². The fourth-order valence-corrected chi connectivity index (χ4v) is 5.65. The lowest BCUT2D eigenvalue weighted by atomic mass is 9.64. The molecule has 0 spiro atoms. The highest BCUT2D eigenvalue weighted by Crippen LogP contribution is 2.43. The van der Waals surface area contributed by atoms with Crippen LogP contribution in [0.1, 0.15) is 24.8 Å². The molecule has 1 fully saturated rings. The normalized spacial score (nSPS) is 15.0. The van der Waals surface area contributed by atoms with Gasteiger partial charge in [-0.2, -0.15) is 0 Å². The molecule has 0 aliphatic heterocycles. The summed E-state index contributed by atoms with van der Waals surface area (Å²) >= 11 is 8.29. The van der Waals surface area contributed by atoms with E-state index in [1.165, 1.54) is 35.1 Å². The van der Waals surface area contributed by atoms with Gasteiger partial charge < -0.3 is 5.32 Å². The first kappa shape index (κ1) is 19.4. The topological polar surface area (TPSA) is 46.9 Å². The second kappa shape index (κ2) is 8.59. The molecule has 0 atom stereocenters. The van der Waals surface area contributed by atoms with Crippen LogP contribution in [0.5, 0.6) is 0 Å². The Morgan fingerprint density at radius 2 is 1.82 bits per heavy atom. The lowest BCUT2D eigenvalue weighted by Gasteiger charge is -2.42. The summed E-state index contributed by atoms with van der Waals surface area (Å²) in [7, 11) is 0. The third-order valence-electron chi connectivity index (χ3n) is 5.18. The minimum absolute atomic E-state index is 0.0413. The van der Waals surface area contributed by atoms with Crippen LogP contribution in [-0.2, 0) is 10.2 Å². The van der Waals surface area contributed by atoms with Crippen molar-refractivity contribution >= 4 is 41.2 Å². The number of benzene rings is 2. The van der Waals surface area contributed by atoms with E-state index < -0.39 is 0 Å². The van der Waals surface area contributed by atoms with Gasteiger partial charge in [-0.25, -0.2) is 4.68 Å². The molecule has 4 nitrogen and oxygen atoms in total. The maximum Gasteiger partial charge on any atom is 0.230 e.